The molecule has 3 rings (SSSR count). The highest BCUT2D eigenvalue weighted by Crippen LogP contribution is 2.34. The quantitative estimate of drug-likeness (QED) is 0.943. The van der Waals surface area contributed by atoms with Gasteiger partial charge < -0.3 is 10.2 Å². The lowest BCUT2D eigenvalue weighted by Gasteiger charge is -2.34. The molecule has 1 atom stereocenters. The fourth-order valence-electron chi connectivity index (χ4n) is 2.50. The molecule has 6 heteroatoms. The molecule has 4 nitrogen and oxygen atoms in total. The van der Waals surface area contributed by atoms with Gasteiger partial charge in [0.2, 0.25) is 5.95 Å². The average molecular weight is 308 g/mol. The van der Waals surface area contributed by atoms with E-state index in [1.54, 1.807) is 11.3 Å². The highest BCUT2D eigenvalue weighted by Gasteiger charge is 2.23. The van der Waals surface area contributed by atoms with Gasteiger partial charge in [-0.05, 0) is 19.4 Å². The Hall–Kier alpha value is -1.01. The number of nitrogens with one attached hydrogen (secondary N) is 1. The Bertz CT molecular complexity index is 610. The summed E-state index contributed by atoms with van der Waals surface area (Å²) in [5.74, 6) is 4.17. The molecule has 20 heavy (non-hydrogen) atoms. The van der Waals surface area contributed by atoms with Gasteiger partial charge in [-0.25, -0.2) is 4.98 Å². The molecule has 108 valence electrons. The molecule has 1 unspecified atom stereocenters. The second-order valence-corrected chi connectivity index (χ2v) is 7.29. The summed E-state index contributed by atoms with van der Waals surface area (Å²) in [4.78, 5) is 14.3. The average Bonchev–Trinajstić information content (AvgIpc) is 2.90. The van der Waals surface area contributed by atoms with Gasteiger partial charge in [0.25, 0.3) is 0 Å². The van der Waals surface area contributed by atoms with E-state index in [0.29, 0.717) is 6.04 Å². The molecule has 1 N–H and O–H groups in total. The number of hydrogen-bond donors (Lipinski definition) is 1. The van der Waals surface area contributed by atoms with E-state index in [1.165, 1.54) is 21.8 Å². The number of thiophene rings is 1. The minimum absolute atomic E-state index is 0.529. The molecule has 0 amide bonds. The van der Waals surface area contributed by atoms with Crippen LogP contribution in [0.1, 0.15) is 18.7 Å². The lowest BCUT2D eigenvalue weighted by molar-refractivity contribution is 0.692. The predicted molar refractivity (Wildman–Crippen MR) is 90.5 cm³/mol. The molecule has 0 saturated carbocycles. The number of fused-ring (bicyclic) bond motifs is 1. The minimum Gasteiger partial charge on any atom is -0.357 e. The molecule has 1 aliphatic heterocycles. The first-order valence-electron chi connectivity index (χ1n) is 7.05. The van der Waals surface area contributed by atoms with E-state index in [4.69, 9.17) is 4.98 Å². The van der Waals surface area contributed by atoms with Crippen LogP contribution in [0.5, 0.6) is 0 Å². The maximum atomic E-state index is 4.74. The summed E-state index contributed by atoms with van der Waals surface area (Å²) in [5, 5.41) is 4.31. The van der Waals surface area contributed by atoms with Crippen LogP contribution in [-0.2, 0) is 6.42 Å². The van der Waals surface area contributed by atoms with Crippen molar-refractivity contribution in [1.82, 2.24) is 9.97 Å². The molecule has 0 bridgehead atoms. The van der Waals surface area contributed by atoms with E-state index in [0.717, 1.165) is 29.6 Å². The molecule has 0 radical (unpaired) electrons. The van der Waals surface area contributed by atoms with E-state index in [2.05, 4.69) is 35.1 Å². The van der Waals surface area contributed by atoms with Crippen LogP contribution in [0.4, 0.5) is 11.8 Å². The second kappa shape index (κ2) is 5.77. The number of nitrogens with zero attached hydrogens (tertiary/aromatic N) is 3. The van der Waals surface area contributed by atoms with Crippen LogP contribution in [0.2, 0.25) is 0 Å². The van der Waals surface area contributed by atoms with E-state index < -0.39 is 0 Å². The summed E-state index contributed by atoms with van der Waals surface area (Å²) in [6, 6.07) is 2.80. The molecule has 2 aromatic rings. The smallest absolute Gasteiger partial charge is 0.225 e. The summed E-state index contributed by atoms with van der Waals surface area (Å²) in [6.07, 6.45) is 1.06. The van der Waals surface area contributed by atoms with Gasteiger partial charge in [0, 0.05) is 36.0 Å². The SMILES string of the molecule is CCc1cc2c(N3CCSCC3C)nc(NC)nc2s1. The topological polar surface area (TPSA) is 41.1 Å². The van der Waals surface area contributed by atoms with Crippen molar-refractivity contribution in [2.75, 3.05) is 35.3 Å². The van der Waals surface area contributed by atoms with Crippen molar-refractivity contribution in [3.63, 3.8) is 0 Å². The van der Waals surface area contributed by atoms with Crippen LogP contribution >= 0.6 is 23.1 Å². The van der Waals surface area contributed by atoms with Crippen molar-refractivity contribution in [3.05, 3.63) is 10.9 Å². The zero-order chi connectivity index (χ0) is 14.1. The molecule has 1 saturated heterocycles. The summed E-state index contributed by atoms with van der Waals surface area (Å²) in [7, 11) is 1.88. The van der Waals surface area contributed by atoms with Gasteiger partial charge >= 0.3 is 0 Å². The van der Waals surface area contributed by atoms with Gasteiger partial charge in [-0.3, -0.25) is 0 Å². The maximum Gasteiger partial charge on any atom is 0.225 e. The molecular weight excluding hydrogens is 288 g/mol. The minimum atomic E-state index is 0.529. The third kappa shape index (κ3) is 2.46. The van der Waals surface area contributed by atoms with Crippen molar-refractivity contribution in [1.29, 1.82) is 0 Å². The summed E-state index contributed by atoms with van der Waals surface area (Å²) in [5.41, 5.74) is 0. The third-order valence-corrected chi connectivity index (χ3v) is 6.00. The molecule has 0 spiro atoms. The largest absolute Gasteiger partial charge is 0.357 e. The zero-order valence-electron chi connectivity index (χ0n) is 12.1. The fraction of sp³-hybridized carbons (Fsp3) is 0.571. The van der Waals surface area contributed by atoms with Gasteiger partial charge in [-0.2, -0.15) is 16.7 Å². The Morgan fingerprint density at radius 2 is 2.30 bits per heavy atom. The van der Waals surface area contributed by atoms with Crippen molar-refractivity contribution in [2.45, 2.75) is 26.3 Å². The highest BCUT2D eigenvalue weighted by atomic mass is 32.2. The van der Waals surface area contributed by atoms with Crippen LogP contribution < -0.4 is 10.2 Å². The predicted octanol–water partition coefficient (Wildman–Crippen LogP) is 3.24. The van der Waals surface area contributed by atoms with Crippen molar-refractivity contribution in [3.8, 4) is 0 Å². The summed E-state index contributed by atoms with van der Waals surface area (Å²) < 4.78 is 0. The summed E-state index contributed by atoms with van der Waals surface area (Å²) >= 11 is 3.81. The first-order valence-corrected chi connectivity index (χ1v) is 9.02. The van der Waals surface area contributed by atoms with Gasteiger partial charge in [-0.1, -0.05) is 6.92 Å². The number of anilines is 2. The molecule has 1 fully saturated rings. The van der Waals surface area contributed by atoms with Crippen molar-refractivity contribution < 1.29 is 0 Å². The Morgan fingerprint density at radius 3 is 3.00 bits per heavy atom. The van der Waals surface area contributed by atoms with E-state index in [-0.39, 0.29) is 0 Å². The third-order valence-electron chi connectivity index (χ3n) is 3.64. The Labute approximate surface area is 128 Å². The van der Waals surface area contributed by atoms with Gasteiger partial charge in [0.1, 0.15) is 10.6 Å². The molecule has 0 aliphatic carbocycles. The Morgan fingerprint density at radius 1 is 1.45 bits per heavy atom. The van der Waals surface area contributed by atoms with Crippen molar-refractivity contribution >= 4 is 45.1 Å². The van der Waals surface area contributed by atoms with Crippen LogP contribution in [0.15, 0.2) is 6.07 Å². The molecule has 3 heterocycles. The fourth-order valence-corrected chi connectivity index (χ4v) is 4.48. The zero-order valence-corrected chi connectivity index (χ0v) is 13.8. The van der Waals surface area contributed by atoms with E-state index in [1.807, 2.05) is 18.8 Å². The maximum absolute atomic E-state index is 4.74. The first kappa shape index (κ1) is 13.9. The first-order chi connectivity index (χ1) is 9.72. The highest BCUT2D eigenvalue weighted by molar-refractivity contribution is 7.99. The van der Waals surface area contributed by atoms with Crippen molar-refractivity contribution in [2.24, 2.45) is 0 Å². The monoisotopic (exact) mass is 308 g/mol. The molecular formula is C14H20N4S2. The summed E-state index contributed by atoms with van der Waals surface area (Å²) in [6.45, 7) is 5.54. The Kier molecular flexibility index (Phi) is 4.03. The number of aryl methyl sites for hydroxylation is 1. The lowest BCUT2D eigenvalue weighted by atomic mass is 10.2. The van der Waals surface area contributed by atoms with Crippen LogP contribution in [0.3, 0.4) is 0 Å². The van der Waals surface area contributed by atoms with Crippen LogP contribution in [0.25, 0.3) is 10.2 Å². The number of aromatic nitrogens is 2. The van der Waals surface area contributed by atoms with Gasteiger partial charge in [-0.15, -0.1) is 11.3 Å². The lowest BCUT2D eigenvalue weighted by Crippen LogP contribution is -2.41. The Balaban J connectivity index is 2.13. The molecule has 1 aliphatic rings. The number of rotatable bonds is 3. The van der Waals surface area contributed by atoms with Gasteiger partial charge in [0.15, 0.2) is 0 Å². The second-order valence-electron chi connectivity index (χ2n) is 5.02. The van der Waals surface area contributed by atoms with Crippen LogP contribution in [-0.4, -0.2) is 41.1 Å². The molecule has 2 aromatic heterocycles. The van der Waals surface area contributed by atoms with Gasteiger partial charge in [0.05, 0.1) is 5.39 Å². The number of thioether (sulfide) groups is 1. The standard InChI is InChI=1S/C14H20N4S2/c1-4-10-7-11-12(18-5-6-19-8-9(18)2)16-14(15-3)17-13(11)20-10/h7,9H,4-6,8H2,1-3H3,(H,15,16,17). The number of hydrogen-bond acceptors (Lipinski definition) is 6. The molecule has 0 aromatic carbocycles. The van der Waals surface area contributed by atoms with Crippen LogP contribution in [0, 0.1) is 0 Å². The van der Waals surface area contributed by atoms with E-state index >= 15 is 0 Å². The van der Waals surface area contributed by atoms with E-state index in [9.17, 15) is 0 Å². The normalized spacial score (nSPS) is 19.6.